The highest BCUT2D eigenvalue weighted by Crippen LogP contribution is 2.19. The van der Waals surface area contributed by atoms with Crippen molar-refractivity contribution in [1.29, 1.82) is 5.26 Å². The van der Waals surface area contributed by atoms with Crippen LogP contribution >= 0.6 is 12.4 Å². The first-order chi connectivity index (χ1) is 7.14. The van der Waals surface area contributed by atoms with E-state index in [2.05, 4.69) is 16.7 Å². The van der Waals surface area contributed by atoms with Gasteiger partial charge in [0.15, 0.2) is 0 Å². The van der Waals surface area contributed by atoms with Crippen molar-refractivity contribution < 1.29 is 8.78 Å². The molecule has 1 saturated heterocycles. The maximum Gasteiger partial charge on any atom is 0.261 e. The maximum atomic E-state index is 11.9. The minimum atomic E-state index is -2.42. The highest BCUT2D eigenvalue weighted by molar-refractivity contribution is 5.85. The maximum absolute atomic E-state index is 11.9. The average molecular weight is 254 g/mol. The Bertz CT molecular complexity index is 219. The third-order valence-electron chi connectivity index (χ3n) is 2.30. The Balaban J connectivity index is 0.000000267. The van der Waals surface area contributed by atoms with Crippen LogP contribution in [-0.2, 0) is 0 Å². The van der Waals surface area contributed by atoms with Gasteiger partial charge in [0.25, 0.3) is 5.92 Å². The summed E-state index contributed by atoms with van der Waals surface area (Å²) in [4.78, 5) is 0. The number of hydrogen-bond acceptors (Lipinski definition) is 3. The smallest absolute Gasteiger partial charge is 0.261 e. The Hall–Kier alpha value is -0.440. The van der Waals surface area contributed by atoms with Crippen LogP contribution in [0.2, 0.25) is 0 Å². The number of rotatable bonds is 3. The lowest BCUT2D eigenvalue weighted by Crippen LogP contribution is -2.18. The molecule has 6 heteroatoms. The Morgan fingerprint density at radius 2 is 2.12 bits per heavy atom. The fourth-order valence-electron chi connectivity index (χ4n) is 1.25. The Morgan fingerprint density at radius 3 is 2.44 bits per heavy atom. The summed E-state index contributed by atoms with van der Waals surface area (Å²) < 4.78 is 23.8. The molecule has 94 valence electrons. The second-order valence-corrected chi connectivity index (χ2v) is 3.92. The SMILES string of the molecule is Cl.FC1(F)CCNC1.N#CCCNC1CC1. The molecule has 3 nitrogen and oxygen atoms in total. The zero-order chi connectivity index (χ0) is 11.1. The number of hydrogen-bond donors (Lipinski definition) is 2. The van der Waals surface area contributed by atoms with Gasteiger partial charge in [-0.05, 0) is 12.8 Å². The summed E-state index contributed by atoms with van der Waals surface area (Å²) in [6.07, 6.45) is 3.28. The number of alkyl halides is 2. The molecule has 2 N–H and O–H groups in total. The van der Waals surface area contributed by atoms with Crippen molar-refractivity contribution in [2.24, 2.45) is 0 Å². The largest absolute Gasteiger partial charge is 0.313 e. The van der Waals surface area contributed by atoms with Crippen molar-refractivity contribution in [3.63, 3.8) is 0 Å². The van der Waals surface area contributed by atoms with Gasteiger partial charge in [-0.3, -0.25) is 0 Å². The van der Waals surface area contributed by atoms with E-state index < -0.39 is 5.92 Å². The fourth-order valence-corrected chi connectivity index (χ4v) is 1.25. The van der Waals surface area contributed by atoms with Crippen LogP contribution < -0.4 is 10.6 Å². The number of nitriles is 1. The molecule has 0 aromatic rings. The van der Waals surface area contributed by atoms with Crippen LogP contribution in [0.1, 0.15) is 25.7 Å². The Labute approximate surface area is 101 Å². The van der Waals surface area contributed by atoms with E-state index in [-0.39, 0.29) is 25.4 Å². The zero-order valence-electron chi connectivity index (χ0n) is 9.14. The van der Waals surface area contributed by atoms with Gasteiger partial charge in [0.2, 0.25) is 0 Å². The summed E-state index contributed by atoms with van der Waals surface area (Å²) in [6.45, 7) is 1.21. The average Bonchev–Trinajstić information content (AvgIpc) is 2.91. The quantitative estimate of drug-likeness (QED) is 0.753. The predicted octanol–water partition coefficient (Wildman–Crippen LogP) is 1.69. The molecule has 0 atom stereocenters. The van der Waals surface area contributed by atoms with E-state index in [4.69, 9.17) is 5.26 Å². The Morgan fingerprint density at radius 1 is 1.44 bits per heavy atom. The summed E-state index contributed by atoms with van der Waals surface area (Å²) in [5.41, 5.74) is 0. The van der Waals surface area contributed by atoms with E-state index in [0.29, 0.717) is 13.0 Å². The second kappa shape index (κ2) is 7.77. The van der Waals surface area contributed by atoms with Gasteiger partial charge in [0, 0.05) is 32.0 Å². The lowest BCUT2D eigenvalue weighted by molar-refractivity contribution is 0.0238. The number of nitrogens with one attached hydrogen (secondary N) is 2. The molecule has 2 rings (SSSR count). The van der Waals surface area contributed by atoms with Crippen molar-refractivity contribution in [2.75, 3.05) is 19.6 Å². The third kappa shape index (κ3) is 7.80. The van der Waals surface area contributed by atoms with Gasteiger partial charge in [-0.1, -0.05) is 0 Å². The molecule has 1 saturated carbocycles. The molecule has 16 heavy (non-hydrogen) atoms. The minimum absolute atomic E-state index is 0. The lowest BCUT2D eigenvalue weighted by Gasteiger charge is -2.02. The summed E-state index contributed by atoms with van der Waals surface area (Å²) in [7, 11) is 0. The van der Waals surface area contributed by atoms with Crippen molar-refractivity contribution in [2.45, 2.75) is 37.6 Å². The standard InChI is InChI=1S/C6H10N2.C4H7F2N.ClH/c7-4-1-5-8-6-2-3-6;5-4(6)1-2-7-3-4;/h6,8H,1-3,5H2;7H,1-3H2;1H. The molecule has 2 fully saturated rings. The van der Waals surface area contributed by atoms with E-state index >= 15 is 0 Å². The summed E-state index contributed by atoms with van der Waals surface area (Å²) in [6, 6.07) is 2.84. The third-order valence-corrected chi connectivity index (χ3v) is 2.30. The zero-order valence-corrected chi connectivity index (χ0v) is 9.95. The van der Waals surface area contributed by atoms with Gasteiger partial charge in [0.05, 0.1) is 12.6 Å². The lowest BCUT2D eigenvalue weighted by atomic mass is 10.3. The van der Waals surface area contributed by atoms with E-state index in [1.165, 1.54) is 12.8 Å². The number of nitrogens with zero attached hydrogens (tertiary/aromatic N) is 1. The van der Waals surface area contributed by atoms with Gasteiger partial charge >= 0.3 is 0 Å². The highest BCUT2D eigenvalue weighted by Gasteiger charge is 2.32. The van der Waals surface area contributed by atoms with Crippen LogP contribution in [0, 0.1) is 11.3 Å². The highest BCUT2D eigenvalue weighted by atomic mass is 35.5. The van der Waals surface area contributed by atoms with Crippen molar-refractivity contribution in [3.05, 3.63) is 0 Å². The molecule has 0 amide bonds. The molecule has 0 radical (unpaired) electrons. The molecule has 0 aromatic heterocycles. The van der Waals surface area contributed by atoms with Crippen LogP contribution in [0.5, 0.6) is 0 Å². The van der Waals surface area contributed by atoms with Crippen molar-refractivity contribution >= 4 is 12.4 Å². The molecule has 0 spiro atoms. The monoisotopic (exact) mass is 253 g/mol. The molecule has 1 heterocycles. The summed E-state index contributed by atoms with van der Waals surface area (Å²) >= 11 is 0. The van der Waals surface area contributed by atoms with Gasteiger partial charge < -0.3 is 10.6 Å². The van der Waals surface area contributed by atoms with E-state index in [9.17, 15) is 8.78 Å². The Kier molecular flexibility index (Phi) is 7.56. The van der Waals surface area contributed by atoms with Crippen LogP contribution in [0.15, 0.2) is 0 Å². The predicted molar refractivity (Wildman–Crippen MR) is 60.9 cm³/mol. The van der Waals surface area contributed by atoms with Gasteiger partial charge in [0.1, 0.15) is 0 Å². The molecule has 0 unspecified atom stereocenters. The van der Waals surface area contributed by atoms with E-state index in [1.54, 1.807) is 0 Å². The van der Waals surface area contributed by atoms with Gasteiger partial charge in [-0.2, -0.15) is 5.26 Å². The summed E-state index contributed by atoms with van der Waals surface area (Å²) in [5, 5.41) is 13.9. The topological polar surface area (TPSA) is 47.9 Å². The van der Waals surface area contributed by atoms with Crippen molar-refractivity contribution in [1.82, 2.24) is 10.6 Å². The van der Waals surface area contributed by atoms with Crippen LogP contribution in [0.3, 0.4) is 0 Å². The van der Waals surface area contributed by atoms with Crippen LogP contribution in [0.25, 0.3) is 0 Å². The van der Waals surface area contributed by atoms with Crippen LogP contribution in [-0.4, -0.2) is 31.6 Å². The normalized spacial score (nSPS) is 21.3. The molecular formula is C10H18ClF2N3. The van der Waals surface area contributed by atoms with E-state index in [1.807, 2.05) is 0 Å². The first-order valence-electron chi connectivity index (χ1n) is 5.33. The second-order valence-electron chi connectivity index (χ2n) is 3.92. The van der Waals surface area contributed by atoms with Crippen LogP contribution in [0.4, 0.5) is 8.78 Å². The molecule has 1 aliphatic carbocycles. The fraction of sp³-hybridized carbons (Fsp3) is 0.900. The molecule has 1 aliphatic heterocycles. The molecule has 0 aromatic carbocycles. The summed E-state index contributed by atoms with van der Waals surface area (Å²) in [5.74, 6) is -2.42. The van der Waals surface area contributed by atoms with Gasteiger partial charge in [-0.25, -0.2) is 8.78 Å². The number of halogens is 3. The first-order valence-corrected chi connectivity index (χ1v) is 5.33. The molecule has 0 bridgehead atoms. The molecule has 2 aliphatic rings. The van der Waals surface area contributed by atoms with E-state index in [0.717, 1.165) is 12.6 Å². The first kappa shape index (κ1) is 15.6. The molecular weight excluding hydrogens is 236 g/mol. The minimum Gasteiger partial charge on any atom is -0.313 e. The van der Waals surface area contributed by atoms with Crippen molar-refractivity contribution in [3.8, 4) is 6.07 Å². The van der Waals surface area contributed by atoms with Gasteiger partial charge in [-0.15, -0.1) is 12.4 Å².